The molecule has 0 aliphatic rings. The van der Waals surface area contributed by atoms with Crippen molar-refractivity contribution in [3.05, 3.63) is 60.4 Å². The van der Waals surface area contributed by atoms with Gasteiger partial charge in [0.15, 0.2) is 0 Å². The molecule has 1 N–H and O–H groups in total. The van der Waals surface area contributed by atoms with E-state index in [9.17, 15) is 5.11 Å². The highest BCUT2D eigenvalue weighted by Gasteiger charge is 2.16. The van der Waals surface area contributed by atoms with Crippen LogP contribution in [0, 0.1) is 0 Å². The van der Waals surface area contributed by atoms with Gasteiger partial charge >= 0.3 is 0 Å². The molecule has 0 amide bonds. The van der Waals surface area contributed by atoms with Crippen LogP contribution in [0.25, 0.3) is 16.9 Å². The number of methoxy groups -OCH3 is 1. The first-order chi connectivity index (χ1) is 11.8. The fourth-order valence-electron chi connectivity index (χ4n) is 2.87. The summed E-state index contributed by atoms with van der Waals surface area (Å²) in [4.78, 5) is 7.01. The van der Waals surface area contributed by atoms with Gasteiger partial charge in [0.1, 0.15) is 5.65 Å². The van der Waals surface area contributed by atoms with E-state index in [0.717, 1.165) is 29.1 Å². The number of aromatic nitrogens is 2. The van der Waals surface area contributed by atoms with E-state index in [4.69, 9.17) is 9.72 Å². The Morgan fingerprint density at radius 3 is 2.62 bits per heavy atom. The highest BCUT2D eigenvalue weighted by atomic mass is 16.5. The maximum absolute atomic E-state index is 9.36. The van der Waals surface area contributed by atoms with Gasteiger partial charge in [0.25, 0.3) is 0 Å². The lowest BCUT2D eigenvalue weighted by Crippen LogP contribution is -2.30. The summed E-state index contributed by atoms with van der Waals surface area (Å²) in [6.07, 6.45) is 2.04. The molecule has 126 valence electrons. The SMILES string of the molecule is COCCN(CCO)Cc1c(-c2ccccc2)nc2ccccn12. The van der Waals surface area contributed by atoms with Gasteiger partial charge in [-0.15, -0.1) is 0 Å². The van der Waals surface area contributed by atoms with Gasteiger partial charge in [0, 0.05) is 38.5 Å². The number of fused-ring (bicyclic) bond motifs is 1. The largest absolute Gasteiger partial charge is 0.395 e. The van der Waals surface area contributed by atoms with Crippen LogP contribution in [0.3, 0.4) is 0 Å². The quantitative estimate of drug-likeness (QED) is 0.691. The molecule has 0 aliphatic heterocycles. The molecule has 3 aromatic rings. The highest BCUT2D eigenvalue weighted by molar-refractivity contribution is 5.66. The minimum absolute atomic E-state index is 0.126. The fourth-order valence-corrected chi connectivity index (χ4v) is 2.87. The third-order valence-electron chi connectivity index (χ3n) is 4.08. The average molecular weight is 325 g/mol. The van der Waals surface area contributed by atoms with Crippen molar-refractivity contribution in [2.45, 2.75) is 6.54 Å². The van der Waals surface area contributed by atoms with Crippen molar-refractivity contribution in [2.75, 3.05) is 33.4 Å². The smallest absolute Gasteiger partial charge is 0.137 e. The molecule has 0 aliphatic carbocycles. The van der Waals surface area contributed by atoms with E-state index in [1.54, 1.807) is 7.11 Å². The van der Waals surface area contributed by atoms with Crippen molar-refractivity contribution in [1.82, 2.24) is 14.3 Å². The number of aliphatic hydroxyl groups is 1. The minimum atomic E-state index is 0.126. The zero-order chi connectivity index (χ0) is 16.8. The summed E-state index contributed by atoms with van der Waals surface area (Å²) in [6, 6.07) is 16.2. The Bertz CT molecular complexity index is 771. The molecule has 2 heterocycles. The summed E-state index contributed by atoms with van der Waals surface area (Å²) in [7, 11) is 1.70. The zero-order valence-corrected chi connectivity index (χ0v) is 13.9. The van der Waals surface area contributed by atoms with Crippen LogP contribution in [0.15, 0.2) is 54.7 Å². The molecule has 0 atom stereocenters. The molecular formula is C19H23N3O2. The maximum Gasteiger partial charge on any atom is 0.137 e. The number of rotatable bonds is 8. The highest BCUT2D eigenvalue weighted by Crippen LogP contribution is 2.25. The second kappa shape index (κ2) is 8.06. The van der Waals surface area contributed by atoms with Crippen molar-refractivity contribution < 1.29 is 9.84 Å². The summed E-state index contributed by atoms with van der Waals surface area (Å²) in [5, 5.41) is 9.36. The van der Waals surface area contributed by atoms with Crippen molar-refractivity contribution in [3.8, 4) is 11.3 Å². The third kappa shape index (κ3) is 3.64. The molecule has 0 radical (unpaired) electrons. The number of nitrogens with zero attached hydrogens (tertiary/aromatic N) is 3. The van der Waals surface area contributed by atoms with Crippen LogP contribution in [-0.4, -0.2) is 52.8 Å². The zero-order valence-electron chi connectivity index (χ0n) is 13.9. The van der Waals surface area contributed by atoms with Gasteiger partial charge in [-0.1, -0.05) is 36.4 Å². The van der Waals surface area contributed by atoms with E-state index in [-0.39, 0.29) is 6.61 Å². The number of hydrogen-bond acceptors (Lipinski definition) is 4. The number of imidazole rings is 1. The standard InChI is InChI=1S/C19H23N3O2/c1-24-14-12-21(11-13-23)15-17-19(16-7-3-2-4-8-16)20-18-9-5-6-10-22(17)18/h2-10,23H,11-15H2,1H3. The summed E-state index contributed by atoms with van der Waals surface area (Å²) < 4.78 is 7.32. The van der Waals surface area contributed by atoms with E-state index in [2.05, 4.69) is 21.4 Å². The Balaban J connectivity index is 2.01. The van der Waals surface area contributed by atoms with Crippen molar-refractivity contribution in [3.63, 3.8) is 0 Å². The number of pyridine rings is 1. The summed E-state index contributed by atoms with van der Waals surface area (Å²) in [5.74, 6) is 0. The molecule has 0 saturated carbocycles. The van der Waals surface area contributed by atoms with Gasteiger partial charge < -0.3 is 14.2 Å². The molecule has 24 heavy (non-hydrogen) atoms. The minimum Gasteiger partial charge on any atom is -0.395 e. The third-order valence-corrected chi connectivity index (χ3v) is 4.08. The molecule has 5 heteroatoms. The predicted octanol–water partition coefficient (Wildman–Crippen LogP) is 2.44. The Labute approximate surface area is 142 Å². The van der Waals surface area contributed by atoms with Gasteiger partial charge in [-0.3, -0.25) is 4.90 Å². The van der Waals surface area contributed by atoms with Gasteiger partial charge in [-0.2, -0.15) is 0 Å². The van der Waals surface area contributed by atoms with E-state index < -0.39 is 0 Å². The Kier molecular flexibility index (Phi) is 5.59. The molecule has 0 bridgehead atoms. The summed E-state index contributed by atoms with van der Waals surface area (Å²) in [5.41, 5.74) is 4.15. The normalized spacial score (nSPS) is 11.5. The van der Waals surface area contributed by atoms with Crippen LogP contribution in [0.4, 0.5) is 0 Å². The van der Waals surface area contributed by atoms with Crippen molar-refractivity contribution in [2.24, 2.45) is 0 Å². The lowest BCUT2D eigenvalue weighted by molar-refractivity contribution is 0.126. The second-order valence-corrected chi connectivity index (χ2v) is 5.69. The molecule has 2 aromatic heterocycles. The number of hydrogen-bond donors (Lipinski definition) is 1. The van der Waals surface area contributed by atoms with E-state index in [0.29, 0.717) is 19.7 Å². The van der Waals surface area contributed by atoms with Crippen LogP contribution in [0.2, 0.25) is 0 Å². The van der Waals surface area contributed by atoms with E-state index >= 15 is 0 Å². The molecule has 1 aromatic carbocycles. The van der Waals surface area contributed by atoms with Gasteiger partial charge in [0.2, 0.25) is 0 Å². The molecule has 0 fully saturated rings. The Hall–Kier alpha value is -2.21. The monoisotopic (exact) mass is 325 g/mol. The molecule has 0 unspecified atom stereocenters. The van der Waals surface area contributed by atoms with Crippen molar-refractivity contribution >= 4 is 5.65 Å². The van der Waals surface area contributed by atoms with Crippen LogP contribution < -0.4 is 0 Å². The van der Waals surface area contributed by atoms with Gasteiger partial charge in [-0.05, 0) is 12.1 Å². The van der Waals surface area contributed by atoms with Crippen LogP contribution in [0.1, 0.15) is 5.69 Å². The fraction of sp³-hybridized carbons (Fsp3) is 0.316. The van der Waals surface area contributed by atoms with Crippen LogP contribution in [0.5, 0.6) is 0 Å². The predicted molar refractivity (Wildman–Crippen MR) is 94.9 cm³/mol. The summed E-state index contributed by atoms with van der Waals surface area (Å²) >= 11 is 0. The lowest BCUT2D eigenvalue weighted by atomic mass is 10.1. The van der Waals surface area contributed by atoms with E-state index in [1.165, 1.54) is 0 Å². The second-order valence-electron chi connectivity index (χ2n) is 5.69. The molecule has 5 nitrogen and oxygen atoms in total. The lowest BCUT2D eigenvalue weighted by Gasteiger charge is -2.21. The van der Waals surface area contributed by atoms with Crippen molar-refractivity contribution in [1.29, 1.82) is 0 Å². The first kappa shape index (κ1) is 16.6. The van der Waals surface area contributed by atoms with Crippen LogP contribution >= 0.6 is 0 Å². The molecule has 0 spiro atoms. The van der Waals surface area contributed by atoms with Gasteiger partial charge in [0.05, 0.1) is 24.6 Å². The number of benzene rings is 1. The topological polar surface area (TPSA) is 50.0 Å². The first-order valence-corrected chi connectivity index (χ1v) is 8.17. The van der Waals surface area contributed by atoms with Gasteiger partial charge in [-0.25, -0.2) is 4.98 Å². The average Bonchev–Trinajstić information content (AvgIpc) is 2.99. The first-order valence-electron chi connectivity index (χ1n) is 8.17. The van der Waals surface area contributed by atoms with Crippen LogP contribution in [-0.2, 0) is 11.3 Å². The number of aliphatic hydroxyl groups excluding tert-OH is 1. The molecule has 3 rings (SSSR count). The maximum atomic E-state index is 9.36. The molecular weight excluding hydrogens is 302 g/mol. The molecule has 0 saturated heterocycles. The summed E-state index contributed by atoms with van der Waals surface area (Å²) in [6.45, 7) is 2.85. The number of ether oxygens (including phenoxy) is 1. The Morgan fingerprint density at radius 1 is 1.08 bits per heavy atom. The van der Waals surface area contributed by atoms with E-state index in [1.807, 2.05) is 42.6 Å². The Morgan fingerprint density at radius 2 is 1.88 bits per heavy atom.